The largest absolute Gasteiger partial charge is 0.316 e. The number of piperidine rings is 1. The highest BCUT2D eigenvalue weighted by Crippen LogP contribution is 2.41. The lowest BCUT2D eigenvalue weighted by Gasteiger charge is -2.33. The Bertz CT molecular complexity index is 646. The number of benzene rings is 2. The van der Waals surface area contributed by atoms with Crippen molar-refractivity contribution in [3.63, 3.8) is 0 Å². The van der Waals surface area contributed by atoms with Gasteiger partial charge in [-0.05, 0) is 54.3 Å². The molecule has 1 fully saturated rings. The van der Waals surface area contributed by atoms with E-state index < -0.39 is 0 Å². The first-order valence-corrected chi connectivity index (χ1v) is 8.24. The van der Waals surface area contributed by atoms with Crippen LogP contribution in [0.5, 0.6) is 0 Å². The molecule has 2 aromatic rings. The van der Waals surface area contributed by atoms with Gasteiger partial charge in [0.05, 0.1) is 0 Å². The van der Waals surface area contributed by atoms with Crippen LogP contribution in [0.1, 0.15) is 29.4 Å². The quantitative estimate of drug-likeness (QED) is 0.777. The number of halogens is 3. The molecule has 0 saturated carbocycles. The Hall–Kier alpha value is -0.900. The first kappa shape index (κ1) is 15.0. The van der Waals surface area contributed by atoms with Crippen LogP contribution in [0.2, 0.25) is 5.02 Å². The molecule has 110 valence electrons. The Morgan fingerprint density at radius 1 is 1.10 bits per heavy atom. The molecule has 2 unspecified atom stereocenters. The Kier molecular flexibility index (Phi) is 4.63. The zero-order valence-electron chi connectivity index (χ0n) is 11.5. The molecule has 1 heterocycles. The highest BCUT2D eigenvalue weighted by Gasteiger charge is 2.30. The van der Waals surface area contributed by atoms with Gasteiger partial charge in [0.1, 0.15) is 5.82 Å². The van der Waals surface area contributed by atoms with Crippen molar-refractivity contribution in [2.45, 2.75) is 18.3 Å². The monoisotopic (exact) mass is 367 g/mol. The summed E-state index contributed by atoms with van der Waals surface area (Å²) in [6.45, 7) is 1.70. The molecule has 3 rings (SSSR count). The highest BCUT2D eigenvalue weighted by atomic mass is 79.9. The van der Waals surface area contributed by atoms with Crippen LogP contribution in [-0.4, -0.2) is 13.1 Å². The molecule has 0 radical (unpaired) electrons. The van der Waals surface area contributed by atoms with E-state index in [-0.39, 0.29) is 17.7 Å². The number of rotatable bonds is 2. The molecule has 1 aliphatic rings. The van der Waals surface area contributed by atoms with E-state index in [1.54, 1.807) is 6.07 Å². The fourth-order valence-corrected chi connectivity index (χ4v) is 3.77. The lowest BCUT2D eigenvalue weighted by Crippen LogP contribution is -2.34. The lowest BCUT2D eigenvalue weighted by atomic mass is 9.77. The molecule has 4 heteroatoms. The summed E-state index contributed by atoms with van der Waals surface area (Å²) in [5, 5.41) is 4.13. The summed E-state index contributed by atoms with van der Waals surface area (Å²) in [5.41, 5.74) is 1.87. The normalized spacial score (nSPS) is 22.2. The minimum Gasteiger partial charge on any atom is -0.316 e. The van der Waals surface area contributed by atoms with Gasteiger partial charge in [0.25, 0.3) is 0 Å². The molecule has 0 aliphatic carbocycles. The van der Waals surface area contributed by atoms with E-state index in [0.29, 0.717) is 0 Å². The smallest absolute Gasteiger partial charge is 0.126 e. The van der Waals surface area contributed by atoms with Gasteiger partial charge in [-0.2, -0.15) is 0 Å². The molecule has 2 atom stereocenters. The van der Waals surface area contributed by atoms with Gasteiger partial charge in [-0.15, -0.1) is 0 Å². The SMILES string of the molecule is Fc1ccccc1C1CNCCC1c1cc(Br)ccc1Cl. The predicted octanol–water partition coefficient (Wildman–Crippen LogP) is 5.10. The predicted molar refractivity (Wildman–Crippen MR) is 88.5 cm³/mol. The average Bonchev–Trinajstić information content (AvgIpc) is 2.50. The van der Waals surface area contributed by atoms with E-state index in [0.717, 1.165) is 40.1 Å². The average molecular weight is 369 g/mol. The van der Waals surface area contributed by atoms with Crippen molar-refractivity contribution in [1.82, 2.24) is 5.32 Å². The molecule has 1 aliphatic heterocycles. The van der Waals surface area contributed by atoms with Crippen molar-refractivity contribution in [2.75, 3.05) is 13.1 Å². The molecular formula is C17H16BrClFN. The summed E-state index contributed by atoms with van der Waals surface area (Å²) in [7, 11) is 0. The van der Waals surface area contributed by atoms with Gasteiger partial charge in [0, 0.05) is 22.0 Å². The van der Waals surface area contributed by atoms with Gasteiger partial charge in [-0.1, -0.05) is 45.7 Å². The van der Waals surface area contributed by atoms with Crippen molar-refractivity contribution < 1.29 is 4.39 Å². The van der Waals surface area contributed by atoms with Crippen LogP contribution in [0.25, 0.3) is 0 Å². The van der Waals surface area contributed by atoms with Crippen LogP contribution in [0, 0.1) is 5.82 Å². The van der Waals surface area contributed by atoms with E-state index in [2.05, 4.69) is 27.3 Å². The van der Waals surface area contributed by atoms with Crippen molar-refractivity contribution in [3.8, 4) is 0 Å². The second kappa shape index (κ2) is 6.47. The summed E-state index contributed by atoms with van der Waals surface area (Å²) in [4.78, 5) is 0. The third-order valence-corrected chi connectivity index (χ3v) is 4.98. The molecule has 0 bridgehead atoms. The van der Waals surface area contributed by atoms with Gasteiger partial charge in [-0.3, -0.25) is 0 Å². The zero-order valence-corrected chi connectivity index (χ0v) is 13.8. The third-order valence-electron chi connectivity index (χ3n) is 4.14. The Balaban J connectivity index is 2.02. The summed E-state index contributed by atoms with van der Waals surface area (Å²) < 4.78 is 15.2. The van der Waals surface area contributed by atoms with Crippen LogP contribution < -0.4 is 5.32 Å². The summed E-state index contributed by atoms with van der Waals surface area (Å²) >= 11 is 9.89. The third kappa shape index (κ3) is 3.15. The molecule has 0 amide bonds. The van der Waals surface area contributed by atoms with Crippen LogP contribution >= 0.6 is 27.5 Å². The van der Waals surface area contributed by atoms with Gasteiger partial charge >= 0.3 is 0 Å². The molecule has 2 aromatic carbocycles. The molecule has 0 aromatic heterocycles. The standard InChI is InChI=1S/C17H16BrClFN/c18-11-5-6-16(19)14(9-11)12-7-8-21-10-15(12)13-3-1-2-4-17(13)20/h1-6,9,12,15,21H,7-8,10H2. The minimum absolute atomic E-state index is 0.103. The first-order valence-electron chi connectivity index (χ1n) is 7.07. The number of nitrogens with one attached hydrogen (secondary N) is 1. The van der Waals surface area contributed by atoms with Crippen molar-refractivity contribution in [2.24, 2.45) is 0 Å². The second-order valence-corrected chi connectivity index (χ2v) is 6.72. The fraction of sp³-hybridized carbons (Fsp3) is 0.294. The molecule has 21 heavy (non-hydrogen) atoms. The van der Waals surface area contributed by atoms with Gasteiger partial charge in [-0.25, -0.2) is 4.39 Å². The molecule has 0 spiro atoms. The van der Waals surface area contributed by atoms with Crippen LogP contribution in [0.4, 0.5) is 4.39 Å². The van der Waals surface area contributed by atoms with Gasteiger partial charge < -0.3 is 5.32 Å². The summed E-state index contributed by atoms with van der Waals surface area (Å²) in [5.74, 6) is 0.196. The van der Waals surface area contributed by atoms with E-state index in [9.17, 15) is 4.39 Å². The topological polar surface area (TPSA) is 12.0 Å². The molecular weight excluding hydrogens is 353 g/mol. The molecule has 1 saturated heterocycles. The first-order chi connectivity index (χ1) is 10.2. The lowest BCUT2D eigenvalue weighted by molar-refractivity contribution is 0.393. The van der Waals surface area contributed by atoms with E-state index in [1.165, 1.54) is 6.07 Å². The molecule has 1 nitrogen and oxygen atoms in total. The van der Waals surface area contributed by atoms with Crippen molar-refractivity contribution in [3.05, 3.63) is 68.9 Å². The van der Waals surface area contributed by atoms with Crippen LogP contribution in [-0.2, 0) is 0 Å². The van der Waals surface area contributed by atoms with Crippen molar-refractivity contribution in [1.29, 1.82) is 0 Å². The van der Waals surface area contributed by atoms with Crippen LogP contribution in [0.3, 0.4) is 0 Å². The minimum atomic E-state index is -0.137. The summed E-state index contributed by atoms with van der Waals surface area (Å²) in [6.07, 6.45) is 0.954. The highest BCUT2D eigenvalue weighted by molar-refractivity contribution is 9.10. The fourth-order valence-electron chi connectivity index (χ4n) is 3.13. The number of hydrogen-bond donors (Lipinski definition) is 1. The maximum absolute atomic E-state index is 14.2. The second-order valence-electron chi connectivity index (χ2n) is 5.39. The number of hydrogen-bond acceptors (Lipinski definition) is 1. The van der Waals surface area contributed by atoms with Gasteiger partial charge in [0.15, 0.2) is 0 Å². The maximum Gasteiger partial charge on any atom is 0.126 e. The zero-order chi connectivity index (χ0) is 14.8. The maximum atomic E-state index is 14.2. The van der Waals surface area contributed by atoms with Gasteiger partial charge in [0.2, 0.25) is 0 Å². The Morgan fingerprint density at radius 2 is 1.90 bits per heavy atom. The molecule has 1 N–H and O–H groups in total. The van der Waals surface area contributed by atoms with E-state index in [4.69, 9.17) is 11.6 Å². The Morgan fingerprint density at radius 3 is 2.71 bits per heavy atom. The van der Waals surface area contributed by atoms with E-state index >= 15 is 0 Å². The van der Waals surface area contributed by atoms with E-state index in [1.807, 2.05) is 24.3 Å². The van der Waals surface area contributed by atoms with Crippen LogP contribution in [0.15, 0.2) is 46.9 Å². The Labute approximate surface area is 137 Å². The van der Waals surface area contributed by atoms with Crippen molar-refractivity contribution >= 4 is 27.5 Å². The summed E-state index contributed by atoms with van der Waals surface area (Å²) in [6, 6.07) is 12.9.